The zero-order valence-corrected chi connectivity index (χ0v) is 16.1. The first-order valence-electron chi connectivity index (χ1n) is 9.08. The van der Waals surface area contributed by atoms with Crippen molar-refractivity contribution >= 4 is 11.8 Å². The van der Waals surface area contributed by atoms with Crippen LogP contribution in [0.1, 0.15) is 28.4 Å². The van der Waals surface area contributed by atoms with Gasteiger partial charge >= 0.3 is 12.1 Å². The third-order valence-electron chi connectivity index (χ3n) is 4.14. The van der Waals surface area contributed by atoms with E-state index in [1.165, 1.54) is 18.3 Å². The van der Waals surface area contributed by atoms with Crippen molar-refractivity contribution in [2.24, 2.45) is 0 Å². The largest absolute Gasteiger partial charge is 0.462 e. The van der Waals surface area contributed by atoms with Gasteiger partial charge in [0.05, 0.1) is 12.2 Å². The van der Waals surface area contributed by atoms with E-state index in [-0.39, 0.29) is 41.5 Å². The number of hydrogen-bond acceptors (Lipinski definition) is 5. The number of alkyl halides is 3. The highest BCUT2D eigenvalue weighted by atomic mass is 19.4. The summed E-state index contributed by atoms with van der Waals surface area (Å²) in [4.78, 5) is 20.4. The molecule has 3 aromatic rings. The van der Waals surface area contributed by atoms with E-state index in [0.29, 0.717) is 0 Å². The van der Waals surface area contributed by atoms with Crippen LogP contribution in [0.4, 0.5) is 27.8 Å². The summed E-state index contributed by atoms with van der Waals surface area (Å²) in [5.41, 5.74) is -0.328. The molecule has 0 spiro atoms. The van der Waals surface area contributed by atoms with Gasteiger partial charge in [0.1, 0.15) is 23.0 Å². The Morgan fingerprint density at radius 1 is 1.06 bits per heavy atom. The van der Waals surface area contributed by atoms with E-state index in [1.807, 2.05) is 0 Å². The van der Waals surface area contributed by atoms with Crippen LogP contribution >= 0.6 is 0 Å². The van der Waals surface area contributed by atoms with Gasteiger partial charge in [0.2, 0.25) is 0 Å². The van der Waals surface area contributed by atoms with Crippen LogP contribution < -0.4 is 5.32 Å². The number of anilines is 1. The Balaban J connectivity index is 1.93. The molecule has 0 fully saturated rings. The molecule has 0 amide bonds. The van der Waals surface area contributed by atoms with Crippen molar-refractivity contribution in [3.63, 3.8) is 0 Å². The number of nitrogens with zero attached hydrogens (tertiary/aromatic N) is 2. The molecule has 0 saturated heterocycles. The van der Waals surface area contributed by atoms with Crippen LogP contribution in [-0.2, 0) is 17.5 Å². The maximum absolute atomic E-state index is 13.4. The molecule has 0 aliphatic heterocycles. The maximum Gasteiger partial charge on any atom is 0.416 e. The Labute approximate surface area is 173 Å². The zero-order chi connectivity index (χ0) is 22.6. The SMILES string of the molecule is CCOC(=O)c1cnc(-c2ccc(C(F)(F)F)cc2)nc1NCc1cc(F)cc(F)c1. The lowest BCUT2D eigenvalue weighted by Crippen LogP contribution is -2.13. The van der Waals surface area contributed by atoms with Crippen LogP contribution in [0.5, 0.6) is 0 Å². The Bertz CT molecular complexity index is 1070. The van der Waals surface area contributed by atoms with Gasteiger partial charge in [-0.25, -0.2) is 23.5 Å². The standard InChI is InChI=1S/C21H16F5N3O2/c1-2-31-20(30)17-11-28-18(13-3-5-14(6-4-13)21(24,25)26)29-19(17)27-10-12-7-15(22)9-16(23)8-12/h3-9,11H,2,10H2,1H3,(H,27,28,29). The van der Waals surface area contributed by atoms with Crippen molar-refractivity contribution in [3.8, 4) is 11.4 Å². The van der Waals surface area contributed by atoms with Crippen molar-refractivity contribution in [2.45, 2.75) is 19.6 Å². The summed E-state index contributed by atoms with van der Waals surface area (Å²) >= 11 is 0. The quantitative estimate of drug-likeness (QED) is 0.423. The summed E-state index contributed by atoms with van der Waals surface area (Å²) in [5.74, 6) is -2.21. The van der Waals surface area contributed by atoms with E-state index in [4.69, 9.17) is 4.74 Å². The number of hydrogen-bond donors (Lipinski definition) is 1. The first kappa shape index (κ1) is 22.1. The van der Waals surface area contributed by atoms with Crippen LogP contribution in [-0.4, -0.2) is 22.5 Å². The molecular weight excluding hydrogens is 421 g/mol. The molecule has 0 bridgehead atoms. The fourth-order valence-corrected chi connectivity index (χ4v) is 2.72. The number of nitrogens with one attached hydrogen (secondary N) is 1. The van der Waals surface area contributed by atoms with E-state index >= 15 is 0 Å². The van der Waals surface area contributed by atoms with E-state index < -0.39 is 29.3 Å². The molecule has 31 heavy (non-hydrogen) atoms. The summed E-state index contributed by atoms with van der Waals surface area (Å²) in [6, 6.07) is 7.13. The van der Waals surface area contributed by atoms with Gasteiger partial charge in [-0.05, 0) is 36.8 Å². The fraction of sp³-hybridized carbons (Fsp3) is 0.190. The minimum Gasteiger partial charge on any atom is -0.462 e. The summed E-state index contributed by atoms with van der Waals surface area (Å²) in [6.07, 6.45) is -3.31. The monoisotopic (exact) mass is 437 g/mol. The molecule has 3 rings (SSSR count). The molecule has 162 valence electrons. The Morgan fingerprint density at radius 2 is 1.71 bits per heavy atom. The van der Waals surface area contributed by atoms with Gasteiger partial charge in [0, 0.05) is 24.4 Å². The zero-order valence-electron chi connectivity index (χ0n) is 16.1. The van der Waals surface area contributed by atoms with Gasteiger partial charge < -0.3 is 10.1 Å². The molecule has 0 atom stereocenters. The number of carbonyl (C=O) groups excluding carboxylic acids is 1. The summed E-state index contributed by atoms with van der Waals surface area (Å²) in [6.45, 7) is 1.62. The Morgan fingerprint density at radius 3 is 2.29 bits per heavy atom. The Kier molecular flexibility index (Phi) is 6.47. The number of halogens is 5. The highest BCUT2D eigenvalue weighted by molar-refractivity contribution is 5.94. The van der Waals surface area contributed by atoms with Crippen LogP contribution in [0, 0.1) is 11.6 Å². The normalized spacial score (nSPS) is 11.3. The van der Waals surface area contributed by atoms with Crippen LogP contribution in [0.3, 0.4) is 0 Å². The number of esters is 1. The molecule has 2 aromatic carbocycles. The first-order valence-corrected chi connectivity index (χ1v) is 9.08. The van der Waals surface area contributed by atoms with Gasteiger partial charge in [0.25, 0.3) is 0 Å². The number of aromatic nitrogens is 2. The lowest BCUT2D eigenvalue weighted by atomic mass is 10.1. The van der Waals surface area contributed by atoms with Crippen molar-refractivity contribution < 1.29 is 31.5 Å². The number of carbonyl (C=O) groups is 1. The molecule has 10 heteroatoms. The summed E-state index contributed by atoms with van der Waals surface area (Å²) in [7, 11) is 0. The molecule has 0 radical (unpaired) electrons. The van der Waals surface area contributed by atoms with Crippen LogP contribution in [0.2, 0.25) is 0 Å². The predicted octanol–water partition coefficient (Wildman–Crippen LogP) is 5.23. The van der Waals surface area contributed by atoms with E-state index in [9.17, 15) is 26.7 Å². The third kappa shape index (κ3) is 5.53. The van der Waals surface area contributed by atoms with E-state index in [0.717, 1.165) is 30.3 Å². The van der Waals surface area contributed by atoms with Gasteiger partial charge in [-0.1, -0.05) is 12.1 Å². The Hall–Kier alpha value is -3.56. The van der Waals surface area contributed by atoms with Gasteiger partial charge in [-0.15, -0.1) is 0 Å². The predicted molar refractivity (Wildman–Crippen MR) is 102 cm³/mol. The molecular formula is C21H16F5N3O2. The second kappa shape index (κ2) is 9.07. The summed E-state index contributed by atoms with van der Waals surface area (Å²) in [5, 5.41) is 2.80. The molecule has 1 aromatic heterocycles. The topological polar surface area (TPSA) is 64.1 Å². The first-order chi connectivity index (χ1) is 14.7. The molecule has 0 aliphatic carbocycles. The minimum absolute atomic E-state index is 0.00742. The van der Waals surface area contributed by atoms with Gasteiger partial charge in [-0.2, -0.15) is 13.2 Å². The molecule has 0 saturated carbocycles. The average Bonchev–Trinajstić information content (AvgIpc) is 2.71. The second-order valence-corrected chi connectivity index (χ2v) is 6.38. The highest BCUT2D eigenvalue weighted by Gasteiger charge is 2.30. The number of ether oxygens (including phenoxy) is 1. The van der Waals surface area contributed by atoms with Crippen LogP contribution in [0.25, 0.3) is 11.4 Å². The molecule has 5 nitrogen and oxygen atoms in total. The minimum atomic E-state index is -4.49. The van der Waals surface area contributed by atoms with Gasteiger partial charge in [0.15, 0.2) is 5.82 Å². The second-order valence-electron chi connectivity index (χ2n) is 6.38. The molecule has 1 heterocycles. The third-order valence-corrected chi connectivity index (χ3v) is 4.14. The maximum atomic E-state index is 13.4. The van der Waals surface area contributed by atoms with Crippen LogP contribution in [0.15, 0.2) is 48.7 Å². The molecule has 0 unspecified atom stereocenters. The lowest BCUT2D eigenvalue weighted by molar-refractivity contribution is -0.137. The number of rotatable bonds is 6. The lowest BCUT2D eigenvalue weighted by Gasteiger charge is -2.12. The average molecular weight is 437 g/mol. The summed E-state index contributed by atoms with van der Waals surface area (Å²) < 4.78 is 70.1. The number of benzene rings is 2. The van der Waals surface area contributed by atoms with Crippen molar-refractivity contribution in [1.82, 2.24) is 9.97 Å². The van der Waals surface area contributed by atoms with Crippen molar-refractivity contribution in [2.75, 3.05) is 11.9 Å². The molecule has 0 aliphatic rings. The molecule has 1 N–H and O–H groups in total. The van der Waals surface area contributed by atoms with Crippen molar-refractivity contribution in [1.29, 1.82) is 0 Å². The smallest absolute Gasteiger partial charge is 0.416 e. The highest BCUT2D eigenvalue weighted by Crippen LogP contribution is 2.30. The van der Waals surface area contributed by atoms with Gasteiger partial charge in [-0.3, -0.25) is 0 Å². The van der Waals surface area contributed by atoms with Crippen molar-refractivity contribution in [3.05, 3.63) is 77.0 Å². The van der Waals surface area contributed by atoms with E-state index in [2.05, 4.69) is 15.3 Å². The fourth-order valence-electron chi connectivity index (χ4n) is 2.72. The van der Waals surface area contributed by atoms with E-state index in [1.54, 1.807) is 6.92 Å².